The van der Waals surface area contributed by atoms with Crippen LogP contribution >= 0.6 is 22.9 Å². The quantitative estimate of drug-likeness (QED) is 0.668. The Labute approximate surface area is 167 Å². The lowest BCUT2D eigenvalue weighted by molar-refractivity contribution is 0.0971. The smallest absolute Gasteiger partial charge is 0.259 e. The summed E-state index contributed by atoms with van der Waals surface area (Å²) < 4.78 is 1.68. The lowest BCUT2D eigenvalue weighted by atomic mass is 10.1. The second-order valence-corrected chi connectivity index (χ2v) is 8.33. The van der Waals surface area contributed by atoms with Gasteiger partial charge in [-0.05, 0) is 25.5 Å². The van der Waals surface area contributed by atoms with Crippen molar-refractivity contribution in [3.63, 3.8) is 0 Å². The Bertz CT molecular complexity index is 1010. The van der Waals surface area contributed by atoms with Gasteiger partial charge in [-0.3, -0.25) is 19.0 Å². The van der Waals surface area contributed by atoms with Crippen LogP contribution in [0.1, 0.15) is 29.9 Å². The van der Waals surface area contributed by atoms with Gasteiger partial charge in [0.15, 0.2) is 4.96 Å². The van der Waals surface area contributed by atoms with Crippen LogP contribution in [0, 0.1) is 6.92 Å². The molecule has 142 valence electrons. The molecule has 1 saturated heterocycles. The number of aromatic nitrogens is 2. The maximum atomic E-state index is 12.3. The molecular formula is C20H23ClN4OS. The first-order chi connectivity index (χ1) is 13.0. The van der Waals surface area contributed by atoms with Crippen molar-refractivity contribution in [2.45, 2.75) is 26.4 Å². The predicted octanol–water partition coefficient (Wildman–Crippen LogP) is 3.60. The molecule has 5 nitrogen and oxygen atoms in total. The number of rotatable bonds is 4. The molecule has 1 aliphatic rings. The molecule has 0 bridgehead atoms. The van der Waals surface area contributed by atoms with Crippen molar-refractivity contribution in [1.29, 1.82) is 0 Å². The lowest BCUT2D eigenvalue weighted by Crippen LogP contribution is -2.46. The molecule has 0 spiro atoms. The maximum absolute atomic E-state index is 12.3. The van der Waals surface area contributed by atoms with Crippen molar-refractivity contribution in [2.24, 2.45) is 0 Å². The lowest BCUT2D eigenvalue weighted by Gasteiger charge is -2.38. The van der Waals surface area contributed by atoms with E-state index in [1.165, 1.54) is 16.9 Å². The number of aryl methyl sites for hydroxylation is 1. The van der Waals surface area contributed by atoms with E-state index in [9.17, 15) is 4.79 Å². The standard InChI is InChI=1S/C20H23ClN4OS/c1-14-13-27-20-22-16(11-19(26)25(14)20)12-23-7-9-24(10-8-23)15(2)17-5-3-4-6-18(17)21/h3-6,11,13,15H,7-10,12H2,1-2H3. The number of hydrogen-bond acceptors (Lipinski definition) is 5. The molecule has 1 aliphatic heterocycles. The molecular weight excluding hydrogens is 380 g/mol. The Balaban J connectivity index is 1.41. The molecule has 0 radical (unpaired) electrons. The highest BCUT2D eigenvalue weighted by Gasteiger charge is 2.23. The number of thiazole rings is 1. The summed E-state index contributed by atoms with van der Waals surface area (Å²) >= 11 is 7.88. The van der Waals surface area contributed by atoms with Gasteiger partial charge in [-0.2, -0.15) is 0 Å². The van der Waals surface area contributed by atoms with Gasteiger partial charge < -0.3 is 0 Å². The first kappa shape index (κ1) is 18.6. The van der Waals surface area contributed by atoms with Gasteiger partial charge in [0.05, 0.1) is 5.69 Å². The molecule has 1 atom stereocenters. The summed E-state index contributed by atoms with van der Waals surface area (Å²) in [4.78, 5) is 22.6. The zero-order chi connectivity index (χ0) is 19.0. The molecule has 3 aromatic rings. The summed E-state index contributed by atoms with van der Waals surface area (Å²) in [5.41, 5.74) is 3.00. The van der Waals surface area contributed by atoms with E-state index < -0.39 is 0 Å². The SMILES string of the molecule is Cc1csc2nc(CN3CCN(C(C)c4ccccc4Cl)CC3)cc(=O)n12. The molecule has 3 heterocycles. The highest BCUT2D eigenvalue weighted by atomic mass is 35.5. The highest BCUT2D eigenvalue weighted by molar-refractivity contribution is 7.15. The zero-order valence-electron chi connectivity index (χ0n) is 15.6. The van der Waals surface area contributed by atoms with Crippen LogP contribution in [0.3, 0.4) is 0 Å². The molecule has 0 saturated carbocycles. The Morgan fingerprint density at radius 1 is 1.22 bits per heavy atom. The van der Waals surface area contributed by atoms with Gasteiger partial charge in [0.1, 0.15) is 0 Å². The minimum Gasteiger partial charge on any atom is -0.295 e. The Hall–Kier alpha value is -1.73. The first-order valence-corrected chi connectivity index (χ1v) is 10.5. The summed E-state index contributed by atoms with van der Waals surface area (Å²) in [6.07, 6.45) is 0. The van der Waals surface area contributed by atoms with Crippen molar-refractivity contribution in [3.8, 4) is 0 Å². The number of nitrogens with zero attached hydrogens (tertiary/aromatic N) is 4. The topological polar surface area (TPSA) is 40.9 Å². The van der Waals surface area contributed by atoms with E-state index in [0.29, 0.717) is 6.04 Å². The van der Waals surface area contributed by atoms with Crippen LogP contribution in [-0.2, 0) is 6.54 Å². The van der Waals surface area contributed by atoms with E-state index in [0.717, 1.165) is 54.1 Å². The van der Waals surface area contributed by atoms with Crippen LogP contribution in [0.4, 0.5) is 0 Å². The largest absolute Gasteiger partial charge is 0.295 e. The fourth-order valence-electron chi connectivity index (χ4n) is 3.73. The second-order valence-electron chi connectivity index (χ2n) is 7.09. The molecule has 2 aromatic heterocycles. The van der Waals surface area contributed by atoms with Crippen LogP contribution in [0.15, 0.2) is 40.5 Å². The molecule has 0 aliphatic carbocycles. The molecule has 7 heteroatoms. The molecule has 1 unspecified atom stereocenters. The van der Waals surface area contributed by atoms with Crippen LogP contribution in [0.2, 0.25) is 5.02 Å². The van der Waals surface area contributed by atoms with Gasteiger partial charge in [0, 0.05) is 60.9 Å². The number of halogens is 1. The molecule has 27 heavy (non-hydrogen) atoms. The molecule has 0 amide bonds. The van der Waals surface area contributed by atoms with E-state index >= 15 is 0 Å². The van der Waals surface area contributed by atoms with Crippen molar-refractivity contribution >= 4 is 27.9 Å². The Morgan fingerprint density at radius 3 is 2.70 bits per heavy atom. The van der Waals surface area contributed by atoms with Crippen LogP contribution in [-0.4, -0.2) is 45.4 Å². The van der Waals surface area contributed by atoms with E-state index in [2.05, 4.69) is 27.8 Å². The van der Waals surface area contributed by atoms with Gasteiger partial charge in [-0.1, -0.05) is 29.8 Å². The first-order valence-electron chi connectivity index (χ1n) is 9.20. The van der Waals surface area contributed by atoms with E-state index in [1.54, 1.807) is 10.5 Å². The zero-order valence-corrected chi connectivity index (χ0v) is 17.1. The fourth-order valence-corrected chi connectivity index (χ4v) is 4.91. The third-order valence-electron chi connectivity index (χ3n) is 5.32. The summed E-state index contributed by atoms with van der Waals surface area (Å²) in [5, 5.41) is 2.80. The van der Waals surface area contributed by atoms with Gasteiger partial charge in [-0.15, -0.1) is 11.3 Å². The van der Waals surface area contributed by atoms with Gasteiger partial charge in [-0.25, -0.2) is 4.98 Å². The monoisotopic (exact) mass is 402 g/mol. The van der Waals surface area contributed by atoms with Crippen LogP contribution < -0.4 is 5.56 Å². The van der Waals surface area contributed by atoms with Crippen LogP contribution in [0.25, 0.3) is 4.96 Å². The molecule has 1 fully saturated rings. The molecule has 1 aromatic carbocycles. The fraction of sp³-hybridized carbons (Fsp3) is 0.400. The van der Waals surface area contributed by atoms with Crippen molar-refractivity contribution in [3.05, 3.63) is 68.0 Å². The average Bonchev–Trinajstić information content (AvgIpc) is 3.03. The molecule has 0 N–H and O–H groups in total. The Morgan fingerprint density at radius 2 is 1.96 bits per heavy atom. The van der Waals surface area contributed by atoms with Gasteiger partial charge in [0.2, 0.25) is 0 Å². The van der Waals surface area contributed by atoms with Crippen molar-refractivity contribution < 1.29 is 0 Å². The van der Waals surface area contributed by atoms with E-state index in [-0.39, 0.29) is 5.56 Å². The molecule has 4 rings (SSSR count). The number of benzene rings is 1. The van der Waals surface area contributed by atoms with Gasteiger partial charge in [0.25, 0.3) is 5.56 Å². The van der Waals surface area contributed by atoms with Crippen molar-refractivity contribution in [1.82, 2.24) is 19.2 Å². The van der Waals surface area contributed by atoms with Crippen LogP contribution in [0.5, 0.6) is 0 Å². The summed E-state index contributed by atoms with van der Waals surface area (Å²) in [6.45, 7) is 8.74. The average molecular weight is 403 g/mol. The minimum absolute atomic E-state index is 0.0136. The Kier molecular flexibility index (Phi) is 5.32. The predicted molar refractivity (Wildman–Crippen MR) is 111 cm³/mol. The van der Waals surface area contributed by atoms with Gasteiger partial charge >= 0.3 is 0 Å². The summed E-state index contributed by atoms with van der Waals surface area (Å²) in [7, 11) is 0. The van der Waals surface area contributed by atoms with E-state index in [4.69, 9.17) is 11.6 Å². The number of fused-ring (bicyclic) bond motifs is 1. The third kappa shape index (κ3) is 3.80. The summed E-state index contributed by atoms with van der Waals surface area (Å²) in [5.74, 6) is 0. The maximum Gasteiger partial charge on any atom is 0.259 e. The number of piperazine rings is 1. The third-order valence-corrected chi connectivity index (χ3v) is 6.61. The number of hydrogen-bond donors (Lipinski definition) is 0. The van der Waals surface area contributed by atoms with E-state index in [1.807, 2.05) is 30.5 Å². The normalized spacial score (nSPS) is 17.4. The minimum atomic E-state index is 0.0136. The second kappa shape index (κ2) is 7.72. The summed E-state index contributed by atoms with van der Waals surface area (Å²) in [6, 6.07) is 10.0. The highest BCUT2D eigenvalue weighted by Crippen LogP contribution is 2.28. The van der Waals surface area contributed by atoms with Crippen molar-refractivity contribution in [2.75, 3.05) is 26.2 Å².